The van der Waals surface area contributed by atoms with Crippen LogP contribution in [0.25, 0.3) is 0 Å². The minimum absolute atomic E-state index is 0.151. The zero-order valence-electron chi connectivity index (χ0n) is 17.2. The number of hydrogen-bond donors (Lipinski definition) is 0. The number of aryl methyl sites for hydroxylation is 1. The van der Waals surface area contributed by atoms with Crippen molar-refractivity contribution in [1.29, 1.82) is 0 Å². The van der Waals surface area contributed by atoms with Gasteiger partial charge >= 0.3 is 0 Å². The summed E-state index contributed by atoms with van der Waals surface area (Å²) in [5.41, 5.74) is 4.82. The first-order valence-corrected chi connectivity index (χ1v) is 10.4. The quantitative estimate of drug-likeness (QED) is 0.692. The molecule has 1 aliphatic heterocycles. The maximum atomic E-state index is 12.6. The molecule has 150 valence electrons. The summed E-state index contributed by atoms with van der Waals surface area (Å²) < 4.78 is 5.41. The van der Waals surface area contributed by atoms with Crippen molar-refractivity contribution in [2.75, 3.05) is 38.3 Å². The van der Waals surface area contributed by atoms with E-state index in [-0.39, 0.29) is 5.91 Å². The average molecular weight is 381 g/mol. The molecule has 1 aliphatic rings. The average Bonchev–Trinajstić information content (AvgIpc) is 2.74. The summed E-state index contributed by atoms with van der Waals surface area (Å²) in [6.45, 7) is 6.30. The molecule has 1 fully saturated rings. The fourth-order valence-electron chi connectivity index (χ4n) is 3.51. The molecule has 1 saturated heterocycles. The molecule has 0 aromatic heterocycles. The van der Waals surface area contributed by atoms with Crippen molar-refractivity contribution in [2.45, 2.75) is 39.2 Å². The first kappa shape index (κ1) is 20.4. The molecule has 0 atom stereocenters. The maximum Gasteiger partial charge on any atom is 0.227 e. The molecule has 0 N–H and O–H groups in total. The molecule has 0 radical (unpaired) electrons. The monoisotopic (exact) mass is 380 g/mol. The number of likely N-dealkylation sites (N-methyl/N-ethyl adjacent to an activating group) is 1. The van der Waals surface area contributed by atoms with Crippen LogP contribution in [0.2, 0.25) is 0 Å². The molecule has 3 rings (SSSR count). The lowest BCUT2D eigenvalue weighted by molar-refractivity contribution is -0.129. The van der Waals surface area contributed by atoms with Crippen LogP contribution in [-0.4, -0.2) is 44.2 Å². The standard InChI is InChI=1S/C24H32N2O2/c1-3-4-5-20-6-8-21(9-7-20)18-24(27)25(2)19-22-10-12-23(13-11-22)26-14-16-28-17-15-26/h6-13H,3-5,14-19H2,1-2H3. The van der Waals surface area contributed by atoms with Crippen molar-refractivity contribution in [3.63, 3.8) is 0 Å². The second-order valence-corrected chi connectivity index (χ2v) is 7.61. The molecule has 4 nitrogen and oxygen atoms in total. The van der Waals surface area contributed by atoms with Crippen LogP contribution in [0.3, 0.4) is 0 Å². The Labute approximate surface area is 169 Å². The van der Waals surface area contributed by atoms with E-state index < -0.39 is 0 Å². The Morgan fingerprint density at radius 1 is 0.964 bits per heavy atom. The van der Waals surface area contributed by atoms with E-state index in [4.69, 9.17) is 4.74 Å². The number of carbonyl (C=O) groups excluding carboxylic acids is 1. The normalized spacial score (nSPS) is 14.1. The van der Waals surface area contributed by atoms with E-state index in [0.717, 1.165) is 43.9 Å². The molecule has 0 aliphatic carbocycles. The summed E-state index contributed by atoms with van der Waals surface area (Å²) >= 11 is 0. The third kappa shape index (κ3) is 5.83. The lowest BCUT2D eigenvalue weighted by Gasteiger charge is -2.29. The first-order valence-electron chi connectivity index (χ1n) is 10.4. The molecular weight excluding hydrogens is 348 g/mol. The fraction of sp³-hybridized carbons (Fsp3) is 0.458. The molecule has 1 amide bonds. The van der Waals surface area contributed by atoms with Crippen molar-refractivity contribution in [3.8, 4) is 0 Å². The van der Waals surface area contributed by atoms with Crippen LogP contribution in [0, 0.1) is 0 Å². The summed E-state index contributed by atoms with van der Waals surface area (Å²) in [6, 6.07) is 17.0. The second kappa shape index (κ2) is 10.3. The van der Waals surface area contributed by atoms with Crippen LogP contribution in [0.4, 0.5) is 5.69 Å². The number of nitrogens with zero attached hydrogens (tertiary/aromatic N) is 2. The predicted octanol–water partition coefficient (Wildman–Crippen LogP) is 4.07. The Morgan fingerprint density at radius 3 is 2.21 bits per heavy atom. The molecule has 2 aromatic rings. The summed E-state index contributed by atoms with van der Waals surface area (Å²) in [7, 11) is 1.88. The minimum Gasteiger partial charge on any atom is -0.378 e. The summed E-state index contributed by atoms with van der Waals surface area (Å²) in [5.74, 6) is 0.151. The van der Waals surface area contributed by atoms with Crippen molar-refractivity contribution in [1.82, 2.24) is 4.90 Å². The fourth-order valence-corrected chi connectivity index (χ4v) is 3.51. The highest BCUT2D eigenvalue weighted by atomic mass is 16.5. The molecule has 2 aromatic carbocycles. The van der Waals surface area contributed by atoms with Crippen LogP contribution >= 0.6 is 0 Å². The number of unbranched alkanes of at least 4 members (excludes halogenated alkanes) is 1. The molecule has 0 saturated carbocycles. The Bertz CT molecular complexity index is 734. The van der Waals surface area contributed by atoms with Gasteiger partial charge in [-0.2, -0.15) is 0 Å². The maximum absolute atomic E-state index is 12.6. The van der Waals surface area contributed by atoms with Gasteiger partial charge in [-0.1, -0.05) is 49.7 Å². The number of amides is 1. The van der Waals surface area contributed by atoms with E-state index in [9.17, 15) is 4.79 Å². The van der Waals surface area contributed by atoms with Crippen molar-refractivity contribution < 1.29 is 9.53 Å². The number of morpholine rings is 1. The summed E-state index contributed by atoms with van der Waals surface area (Å²) in [6.07, 6.45) is 3.99. The molecule has 0 unspecified atom stereocenters. The van der Waals surface area contributed by atoms with Gasteiger partial charge in [0.1, 0.15) is 0 Å². The molecule has 0 bridgehead atoms. The van der Waals surface area contributed by atoms with Crippen LogP contribution in [-0.2, 0) is 28.9 Å². The topological polar surface area (TPSA) is 32.8 Å². The highest BCUT2D eigenvalue weighted by molar-refractivity contribution is 5.78. The van der Waals surface area contributed by atoms with Gasteiger partial charge in [0.05, 0.1) is 19.6 Å². The van der Waals surface area contributed by atoms with E-state index in [1.54, 1.807) is 0 Å². The highest BCUT2D eigenvalue weighted by Crippen LogP contribution is 2.18. The predicted molar refractivity (Wildman–Crippen MR) is 115 cm³/mol. The number of ether oxygens (including phenoxy) is 1. The molecular formula is C24H32N2O2. The number of carbonyl (C=O) groups is 1. The van der Waals surface area contributed by atoms with Gasteiger partial charge in [-0.25, -0.2) is 0 Å². The van der Waals surface area contributed by atoms with E-state index in [0.29, 0.717) is 13.0 Å². The Balaban J connectivity index is 1.50. The first-order chi connectivity index (χ1) is 13.7. The lowest BCUT2D eigenvalue weighted by atomic mass is 10.0. The van der Waals surface area contributed by atoms with Crippen molar-refractivity contribution in [3.05, 3.63) is 65.2 Å². The molecule has 28 heavy (non-hydrogen) atoms. The van der Waals surface area contributed by atoms with Gasteiger partial charge in [-0.15, -0.1) is 0 Å². The Morgan fingerprint density at radius 2 is 1.57 bits per heavy atom. The minimum atomic E-state index is 0.151. The molecule has 1 heterocycles. The van der Waals surface area contributed by atoms with Crippen LogP contribution < -0.4 is 4.90 Å². The van der Waals surface area contributed by atoms with Crippen molar-refractivity contribution >= 4 is 11.6 Å². The van der Waals surface area contributed by atoms with Crippen LogP contribution in [0.1, 0.15) is 36.5 Å². The van der Waals surface area contributed by atoms with Gasteiger partial charge in [0.2, 0.25) is 5.91 Å². The zero-order chi connectivity index (χ0) is 19.8. The van der Waals surface area contributed by atoms with Gasteiger partial charge in [0.25, 0.3) is 0 Å². The van der Waals surface area contributed by atoms with E-state index in [1.165, 1.54) is 24.1 Å². The number of benzene rings is 2. The zero-order valence-corrected chi connectivity index (χ0v) is 17.2. The number of rotatable bonds is 8. The SMILES string of the molecule is CCCCc1ccc(CC(=O)N(C)Cc2ccc(N3CCOCC3)cc2)cc1. The van der Waals surface area contributed by atoms with Gasteiger partial charge in [0.15, 0.2) is 0 Å². The largest absolute Gasteiger partial charge is 0.378 e. The number of hydrogen-bond acceptors (Lipinski definition) is 3. The van der Waals surface area contributed by atoms with E-state index in [1.807, 2.05) is 11.9 Å². The third-order valence-corrected chi connectivity index (χ3v) is 5.36. The lowest BCUT2D eigenvalue weighted by Crippen LogP contribution is -2.36. The third-order valence-electron chi connectivity index (χ3n) is 5.36. The number of anilines is 1. The van der Waals surface area contributed by atoms with Crippen LogP contribution in [0.15, 0.2) is 48.5 Å². The Hall–Kier alpha value is -2.33. The molecule has 4 heteroatoms. The summed E-state index contributed by atoms with van der Waals surface area (Å²) in [5, 5.41) is 0. The van der Waals surface area contributed by atoms with Gasteiger partial charge < -0.3 is 14.5 Å². The van der Waals surface area contributed by atoms with Crippen LogP contribution in [0.5, 0.6) is 0 Å². The summed E-state index contributed by atoms with van der Waals surface area (Å²) in [4.78, 5) is 16.7. The smallest absolute Gasteiger partial charge is 0.227 e. The van der Waals surface area contributed by atoms with E-state index in [2.05, 4.69) is 60.4 Å². The Kier molecular flexibility index (Phi) is 7.49. The highest BCUT2D eigenvalue weighted by Gasteiger charge is 2.13. The van der Waals surface area contributed by atoms with Gasteiger partial charge in [0, 0.05) is 32.4 Å². The van der Waals surface area contributed by atoms with E-state index >= 15 is 0 Å². The molecule has 0 spiro atoms. The van der Waals surface area contributed by atoms with Gasteiger partial charge in [-0.3, -0.25) is 4.79 Å². The second-order valence-electron chi connectivity index (χ2n) is 7.61. The van der Waals surface area contributed by atoms with Crippen molar-refractivity contribution in [2.24, 2.45) is 0 Å². The van der Waals surface area contributed by atoms with Gasteiger partial charge in [-0.05, 0) is 41.7 Å².